The number of nitrogens with zero attached hydrogens (tertiary/aromatic N) is 4. The summed E-state index contributed by atoms with van der Waals surface area (Å²) in [5.74, 6) is -0.227. The molecule has 4 aromatic rings. The lowest BCUT2D eigenvalue weighted by Gasteiger charge is -2.09. The highest BCUT2D eigenvalue weighted by Gasteiger charge is 2.14. The Hall–Kier alpha value is -3.98. The molecule has 1 aromatic heterocycles. The van der Waals surface area contributed by atoms with Crippen LogP contribution < -0.4 is 5.43 Å². The number of carbonyl (C=O) groups is 1. The van der Waals surface area contributed by atoms with E-state index in [1.54, 1.807) is 18.2 Å². The van der Waals surface area contributed by atoms with Gasteiger partial charge >= 0.3 is 0 Å². The molecule has 0 fully saturated rings. The first kappa shape index (κ1) is 21.3. The lowest BCUT2D eigenvalue weighted by Crippen LogP contribution is -2.20. The van der Waals surface area contributed by atoms with Gasteiger partial charge in [-0.2, -0.15) is 5.10 Å². The standard InChI is InChI=1S/C23H19N5O3S/c29-22(26-24-14-18-10-4-6-12-20(18)28(30)31)16-32-23-25-19-11-5-7-13-21(19)27(23)15-17-8-2-1-3-9-17/h1-14H,15-16H2,(H,26,29). The van der Waals surface area contributed by atoms with Gasteiger partial charge in [-0.25, -0.2) is 10.4 Å². The number of hydrazone groups is 1. The molecule has 0 saturated carbocycles. The molecule has 1 N–H and O–H groups in total. The van der Waals surface area contributed by atoms with Crippen LogP contribution in [0.3, 0.4) is 0 Å². The van der Waals surface area contributed by atoms with Gasteiger partial charge < -0.3 is 4.57 Å². The Morgan fingerprint density at radius 3 is 2.59 bits per heavy atom. The molecule has 1 amide bonds. The molecule has 0 unspecified atom stereocenters. The van der Waals surface area contributed by atoms with Gasteiger partial charge in [-0.3, -0.25) is 14.9 Å². The minimum absolute atomic E-state index is 0.0745. The van der Waals surface area contributed by atoms with Crippen LogP contribution in [0, 0.1) is 10.1 Å². The van der Waals surface area contributed by atoms with Crippen LogP contribution in [0.25, 0.3) is 11.0 Å². The van der Waals surface area contributed by atoms with E-state index in [1.165, 1.54) is 24.0 Å². The van der Waals surface area contributed by atoms with E-state index in [4.69, 9.17) is 0 Å². The molecule has 160 valence electrons. The van der Waals surface area contributed by atoms with Gasteiger partial charge in [0.05, 0.1) is 40.0 Å². The van der Waals surface area contributed by atoms with Gasteiger partial charge in [-0.05, 0) is 23.8 Å². The number of hydrogen-bond donors (Lipinski definition) is 1. The highest BCUT2D eigenvalue weighted by Crippen LogP contribution is 2.25. The molecular formula is C23H19N5O3S. The topological polar surface area (TPSA) is 102 Å². The Labute approximate surface area is 188 Å². The number of aromatic nitrogens is 2. The summed E-state index contributed by atoms with van der Waals surface area (Å²) in [7, 11) is 0. The van der Waals surface area contributed by atoms with E-state index >= 15 is 0 Å². The summed E-state index contributed by atoms with van der Waals surface area (Å²) in [5, 5.41) is 15.6. The second-order valence-corrected chi connectivity index (χ2v) is 7.80. The fourth-order valence-electron chi connectivity index (χ4n) is 3.18. The predicted octanol–water partition coefficient (Wildman–Crippen LogP) is 4.24. The Kier molecular flexibility index (Phi) is 6.57. The number of para-hydroxylation sites is 3. The molecule has 0 saturated heterocycles. The molecule has 0 aliphatic carbocycles. The van der Waals surface area contributed by atoms with Gasteiger partial charge in [0.1, 0.15) is 0 Å². The zero-order valence-corrected chi connectivity index (χ0v) is 17.7. The minimum atomic E-state index is -0.490. The second-order valence-electron chi connectivity index (χ2n) is 6.85. The average Bonchev–Trinajstić information content (AvgIpc) is 3.16. The van der Waals surface area contributed by atoms with Crippen LogP contribution in [0.1, 0.15) is 11.1 Å². The molecular weight excluding hydrogens is 426 g/mol. The fraction of sp³-hybridized carbons (Fsp3) is 0.0870. The monoisotopic (exact) mass is 445 g/mol. The van der Waals surface area contributed by atoms with E-state index in [0.29, 0.717) is 12.1 Å². The number of rotatable bonds is 8. The van der Waals surface area contributed by atoms with Crippen LogP contribution in [0.15, 0.2) is 89.1 Å². The van der Waals surface area contributed by atoms with Crippen LogP contribution in [-0.2, 0) is 11.3 Å². The van der Waals surface area contributed by atoms with Crippen molar-refractivity contribution >= 4 is 40.6 Å². The number of benzene rings is 3. The first-order chi connectivity index (χ1) is 15.6. The molecule has 4 rings (SSSR count). The van der Waals surface area contributed by atoms with Crippen molar-refractivity contribution in [3.8, 4) is 0 Å². The number of nitro groups is 1. The number of nitrogens with one attached hydrogen (secondary N) is 1. The van der Waals surface area contributed by atoms with E-state index in [-0.39, 0.29) is 17.3 Å². The van der Waals surface area contributed by atoms with Gasteiger partial charge in [-0.1, -0.05) is 66.4 Å². The lowest BCUT2D eigenvalue weighted by atomic mass is 10.2. The lowest BCUT2D eigenvalue weighted by molar-refractivity contribution is -0.385. The SMILES string of the molecule is O=C(CSc1nc2ccccc2n1Cc1ccccc1)NN=Cc1ccccc1[N+](=O)[O-]. The van der Waals surface area contributed by atoms with Crippen molar-refractivity contribution in [2.45, 2.75) is 11.7 Å². The van der Waals surface area contributed by atoms with Gasteiger partial charge in [0.15, 0.2) is 5.16 Å². The van der Waals surface area contributed by atoms with Crippen molar-refractivity contribution in [3.05, 3.63) is 100 Å². The number of thioether (sulfide) groups is 1. The molecule has 0 bridgehead atoms. The zero-order chi connectivity index (χ0) is 22.3. The van der Waals surface area contributed by atoms with Gasteiger partial charge in [0.2, 0.25) is 0 Å². The van der Waals surface area contributed by atoms with Crippen molar-refractivity contribution in [1.82, 2.24) is 15.0 Å². The van der Waals surface area contributed by atoms with E-state index in [9.17, 15) is 14.9 Å². The fourth-order valence-corrected chi connectivity index (χ4v) is 3.99. The molecule has 8 nitrogen and oxygen atoms in total. The van der Waals surface area contributed by atoms with E-state index in [2.05, 4.69) is 20.1 Å². The molecule has 0 aliphatic heterocycles. The molecule has 0 atom stereocenters. The molecule has 1 heterocycles. The summed E-state index contributed by atoms with van der Waals surface area (Å²) in [5.41, 5.74) is 5.65. The molecule has 32 heavy (non-hydrogen) atoms. The first-order valence-electron chi connectivity index (χ1n) is 9.79. The normalized spacial score (nSPS) is 11.1. The predicted molar refractivity (Wildman–Crippen MR) is 125 cm³/mol. The molecule has 0 aliphatic rings. The third-order valence-corrected chi connectivity index (χ3v) is 5.64. The number of imidazole rings is 1. The highest BCUT2D eigenvalue weighted by atomic mass is 32.2. The number of fused-ring (bicyclic) bond motifs is 1. The smallest absolute Gasteiger partial charge is 0.278 e. The van der Waals surface area contributed by atoms with Crippen molar-refractivity contribution in [3.63, 3.8) is 0 Å². The molecule has 0 spiro atoms. The Morgan fingerprint density at radius 1 is 1.06 bits per heavy atom. The van der Waals surface area contributed by atoms with Crippen LogP contribution in [0.5, 0.6) is 0 Å². The molecule has 3 aromatic carbocycles. The van der Waals surface area contributed by atoms with Gasteiger partial charge in [0, 0.05) is 6.07 Å². The Bertz CT molecular complexity index is 1290. The van der Waals surface area contributed by atoms with E-state index in [1.807, 2.05) is 54.6 Å². The second kappa shape index (κ2) is 9.88. The van der Waals surface area contributed by atoms with Crippen LogP contribution in [0.2, 0.25) is 0 Å². The van der Waals surface area contributed by atoms with Crippen molar-refractivity contribution in [2.75, 3.05) is 5.75 Å². The third kappa shape index (κ3) is 5.01. The zero-order valence-electron chi connectivity index (χ0n) is 16.9. The maximum Gasteiger partial charge on any atom is 0.278 e. The Balaban J connectivity index is 1.44. The van der Waals surface area contributed by atoms with E-state index in [0.717, 1.165) is 21.8 Å². The minimum Gasteiger partial charge on any atom is -0.314 e. The van der Waals surface area contributed by atoms with Crippen LogP contribution in [0.4, 0.5) is 5.69 Å². The highest BCUT2D eigenvalue weighted by molar-refractivity contribution is 7.99. The van der Waals surface area contributed by atoms with Crippen LogP contribution in [-0.4, -0.2) is 32.3 Å². The first-order valence-corrected chi connectivity index (χ1v) is 10.8. The number of nitro benzene ring substituents is 1. The quantitative estimate of drug-likeness (QED) is 0.189. The number of hydrogen-bond acceptors (Lipinski definition) is 6. The van der Waals surface area contributed by atoms with Crippen molar-refractivity contribution < 1.29 is 9.72 Å². The summed E-state index contributed by atoms with van der Waals surface area (Å²) in [6.07, 6.45) is 1.27. The van der Waals surface area contributed by atoms with Gasteiger partial charge in [0.25, 0.3) is 11.6 Å². The largest absolute Gasteiger partial charge is 0.314 e. The maximum atomic E-state index is 12.3. The molecule has 0 radical (unpaired) electrons. The summed E-state index contributed by atoms with van der Waals surface area (Å²) in [6.45, 7) is 0.640. The van der Waals surface area contributed by atoms with Crippen LogP contribution >= 0.6 is 11.8 Å². The van der Waals surface area contributed by atoms with Gasteiger partial charge in [-0.15, -0.1) is 0 Å². The number of carbonyl (C=O) groups excluding carboxylic acids is 1. The summed E-state index contributed by atoms with van der Waals surface area (Å²) >= 11 is 1.31. The summed E-state index contributed by atoms with van der Waals surface area (Å²) in [6, 6.07) is 24.1. The summed E-state index contributed by atoms with van der Waals surface area (Å²) < 4.78 is 2.08. The van der Waals surface area contributed by atoms with Crippen molar-refractivity contribution in [1.29, 1.82) is 0 Å². The third-order valence-electron chi connectivity index (χ3n) is 4.66. The maximum absolute atomic E-state index is 12.3. The van der Waals surface area contributed by atoms with Crippen molar-refractivity contribution in [2.24, 2.45) is 5.10 Å². The summed E-state index contributed by atoms with van der Waals surface area (Å²) in [4.78, 5) is 27.5. The average molecular weight is 446 g/mol. The van der Waals surface area contributed by atoms with E-state index < -0.39 is 4.92 Å². The Morgan fingerprint density at radius 2 is 1.78 bits per heavy atom. The number of amides is 1. The molecule has 9 heteroatoms.